The predicted octanol–water partition coefficient (Wildman–Crippen LogP) is 14.2. The number of hydrogen-bond acceptors (Lipinski definition) is 4. The summed E-state index contributed by atoms with van der Waals surface area (Å²) < 4.78 is 8.93. The second-order valence-electron chi connectivity index (χ2n) is 15.8. The molecule has 0 bridgehead atoms. The average molecular weight is 795 g/mol. The SMILES string of the molecule is c1ccc(-c2cccc(C3=NC(c4cccc5c4c4cc(-c6cccc7c6oc6ccccc67)ccc4n5-c4ccccc4)N=C(c4cccc(-c5ccccc5)c4)N3)c2)cc1. The fourth-order valence-corrected chi connectivity index (χ4v) is 9.15. The molecule has 0 saturated heterocycles. The van der Waals surface area contributed by atoms with Gasteiger partial charge in [-0.25, -0.2) is 9.98 Å². The average Bonchev–Trinajstić information content (AvgIpc) is 3.90. The minimum atomic E-state index is -0.553. The summed E-state index contributed by atoms with van der Waals surface area (Å²) in [4.78, 5) is 11.0. The molecular weight excluding hydrogens is 757 g/mol. The molecule has 62 heavy (non-hydrogen) atoms. The minimum absolute atomic E-state index is 0.553. The van der Waals surface area contributed by atoms with Crippen molar-refractivity contribution < 1.29 is 4.42 Å². The van der Waals surface area contributed by atoms with Crippen molar-refractivity contribution in [1.29, 1.82) is 0 Å². The number of amidine groups is 2. The number of nitrogens with one attached hydrogen (secondary N) is 1. The van der Waals surface area contributed by atoms with Crippen LogP contribution in [0.25, 0.3) is 82.8 Å². The van der Waals surface area contributed by atoms with Crippen LogP contribution in [-0.4, -0.2) is 16.2 Å². The summed E-state index contributed by atoms with van der Waals surface area (Å²) in [6, 6.07) is 76.9. The van der Waals surface area contributed by atoms with Crippen LogP contribution >= 0.6 is 0 Å². The maximum absolute atomic E-state index is 6.56. The highest BCUT2D eigenvalue weighted by molar-refractivity contribution is 6.18. The fourth-order valence-electron chi connectivity index (χ4n) is 9.15. The predicted molar refractivity (Wildman–Crippen MR) is 256 cm³/mol. The molecule has 0 spiro atoms. The quantitative estimate of drug-likeness (QED) is 0.175. The summed E-state index contributed by atoms with van der Waals surface area (Å²) in [7, 11) is 0. The molecule has 3 heterocycles. The third-order valence-electron chi connectivity index (χ3n) is 12.1. The Bertz CT molecular complexity index is 3450. The molecule has 0 amide bonds. The normalized spacial score (nSPS) is 13.1. The smallest absolute Gasteiger partial charge is 0.170 e. The largest absolute Gasteiger partial charge is 0.455 e. The van der Waals surface area contributed by atoms with Gasteiger partial charge in [0.15, 0.2) is 6.17 Å². The van der Waals surface area contributed by atoms with Crippen LogP contribution in [0.15, 0.2) is 233 Å². The monoisotopic (exact) mass is 794 g/mol. The molecule has 0 radical (unpaired) electrons. The zero-order chi connectivity index (χ0) is 41.0. The number of para-hydroxylation sites is 3. The molecule has 0 saturated carbocycles. The number of aromatic nitrogens is 1. The molecule has 0 aliphatic carbocycles. The highest BCUT2D eigenvalue weighted by atomic mass is 16.3. The molecule has 12 rings (SSSR count). The van der Waals surface area contributed by atoms with E-state index in [0.717, 1.165) is 111 Å². The maximum atomic E-state index is 6.56. The number of benzene rings is 9. The summed E-state index contributed by atoms with van der Waals surface area (Å²) in [5.74, 6) is 1.54. The van der Waals surface area contributed by atoms with Crippen molar-refractivity contribution in [2.45, 2.75) is 6.17 Å². The van der Waals surface area contributed by atoms with E-state index in [1.165, 1.54) is 0 Å². The first-order valence-corrected chi connectivity index (χ1v) is 21.0. The number of rotatable bonds is 7. The van der Waals surface area contributed by atoms with Crippen LogP contribution in [-0.2, 0) is 0 Å². The third kappa shape index (κ3) is 6.10. The van der Waals surface area contributed by atoms with E-state index in [2.05, 4.69) is 216 Å². The molecular formula is C57H38N4O. The van der Waals surface area contributed by atoms with Gasteiger partial charge in [-0.3, -0.25) is 0 Å². The molecule has 0 fully saturated rings. The highest BCUT2D eigenvalue weighted by Gasteiger charge is 2.26. The van der Waals surface area contributed by atoms with Gasteiger partial charge < -0.3 is 14.3 Å². The van der Waals surface area contributed by atoms with E-state index in [4.69, 9.17) is 14.4 Å². The molecule has 0 unspecified atom stereocenters. The van der Waals surface area contributed by atoms with Crippen LogP contribution in [0.3, 0.4) is 0 Å². The van der Waals surface area contributed by atoms with E-state index in [1.807, 2.05) is 12.1 Å². The zero-order valence-corrected chi connectivity index (χ0v) is 33.6. The van der Waals surface area contributed by atoms with E-state index in [9.17, 15) is 0 Å². The lowest BCUT2D eigenvalue weighted by Gasteiger charge is -2.23. The van der Waals surface area contributed by atoms with Crippen LogP contribution < -0.4 is 5.32 Å². The molecule has 0 atom stereocenters. The van der Waals surface area contributed by atoms with Crippen LogP contribution in [0, 0.1) is 0 Å². The lowest BCUT2D eigenvalue weighted by atomic mass is 9.98. The van der Waals surface area contributed by atoms with Crippen LogP contribution in [0.4, 0.5) is 0 Å². The van der Waals surface area contributed by atoms with Crippen molar-refractivity contribution in [2.75, 3.05) is 0 Å². The van der Waals surface area contributed by atoms with E-state index in [0.29, 0.717) is 0 Å². The van der Waals surface area contributed by atoms with Gasteiger partial charge >= 0.3 is 0 Å². The Morgan fingerprint density at radius 1 is 0.403 bits per heavy atom. The van der Waals surface area contributed by atoms with Gasteiger partial charge in [0.05, 0.1) is 11.0 Å². The van der Waals surface area contributed by atoms with Gasteiger partial charge in [0.2, 0.25) is 0 Å². The Morgan fingerprint density at radius 3 is 1.66 bits per heavy atom. The third-order valence-corrected chi connectivity index (χ3v) is 12.1. The van der Waals surface area contributed by atoms with Crippen molar-refractivity contribution in [3.05, 3.63) is 235 Å². The van der Waals surface area contributed by atoms with Gasteiger partial charge in [0, 0.05) is 49.5 Å². The molecule has 1 aliphatic heterocycles. The van der Waals surface area contributed by atoms with E-state index in [-0.39, 0.29) is 0 Å². The van der Waals surface area contributed by atoms with E-state index in [1.54, 1.807) is 0 Å². The molecule has 1 N–H and O–H groups in total. The Hall–Kier alpha value is -8.28. The van der Waals surface area contributed by atoms with Crippen LogP contribution in [0.2, 0.25) is 0 Å². The second-order valence-corrected chi connectivity index (χ2v) is 15.8. The summed E-state index contributed by atoms with van der Waals surface area (Å²) in [5.41, 5.74) is 14.7. The molecule has 2 aromatic heterocycles. The van der Waals surface area contributed by atoms with E-state index >= 15 is 0 Å². The number of fused-ring (bicyclic) bond motifs is 6. The van der Waals surface area contributed by atoms with Crippen molar-refractivity contribution in [3.63, 3.8) is 0 Å². The summed E-state index contributed by atoms with van der Waals surface area (Å²) >= 11 is 0. The standard InChI is InChI=1S/C57H38N4O/c1-4-16-37(17-5-1)39-20-12-22-42(34-39)55-58-56(43-23-13-21-40(35-43)38-18-6-2-7-19-38)60-57(59-55)48-29-15-30-51-53(48)49-36-41(32-33-50(49)61(51)44-24-8-3-9-25-44)45-27-14-28-47-46-26-10-11-31-52(46)62-54(45)47/h1-36,57H,(H,58,59,60). The first-order valence-electron chi connectivity index (χ1n) is 21.0. The fraction of sp³-hybridized carbons (Fsp3) is 0.0175. The Balaban J connectivity index is 1.09. The van der Waals surface area contributed by atoms with Gasteiger partial charge in [0.1, 0.15) is 22.8 Å². The zero-order valence-electron chi connectivity index (χ0n) is 33.6. The van der Waals surface area contributed by atoms with Gasteiger partial charge in [0.25, 0.3) is 0 Å². The Labute approximate surface area is 358 Å². The first-order chi connectivity index (χ1) is 30.7. The summed E-state index contributed by atoms with van der Waals surface area (Å²) in [6.07, 6.45) is -0.553. The van der Waals surface area contributed by atoms with Gasteiger partial charge in [-0.2, -0.15) is 0 Å². The summed E-state index contributed by atoms with van der Waals surface area (Å²) in [6.45, 7) is 0. The lowest BCUT2D eigenvalue weighted by molar-refractivity contribution is 0.670. The van der Waals surface area contributed by atoms with Crippen LogP contribution in [0.1, 0.15) is 22.9 Å². The van der Waals surface area contributed by atoms with Gasteiger partial charge in [-0.1, -0.05) is 170 Å². The van der Waals surface area contributed by atoms with Crippen LogP contribution in [0.5, 0.6) is 0 Å². The Morgan fingerprint density at radius 2 is 0.968 bits per heavy atom. The van der Waals surface area contributed by atoms with Gasteiger partial charge in [-0.15, -0.1) is 0 Å². The minimum Gasteiger partial charge on any atom is -0.455 e. The molecule has 9 aromatic carbocycles. The molecule has 1 aliphatic rings. The second kappa shape index (κ2) is 14.8. The van der Waals surface area contributed by atoms with Gasteiger partial charge in [-0.05, 0) is 76.3 Å². The molecule has 5 heteroatoms. The van der Waals surface area contributed by atoms with E-state index < -0.39 is 6.17 Å². The van der Waals surface area contributed by atoms with Crippen molar-refractivity contribution >= 4 is 55.4 Å². The summed E-state index contributed by atoms with van der Waals surface area (Å²) in [5, 5.41) is 8.16. The number of hydrogen-bond donors (Lipinski definition) is 1. The molecule has 11 aromatic rings. The number of nitrogens with zero attached hydrogens (tertiary/aromatic N) is 3. The highest BCUT2D eigenvalue weighted by Crippen LogP contribution is 2.42. The number of aliphatic imine (C=N–C) groups is 2. The van der Waals surface area contributed by atoms with Crippen molar-refractivity contribution in [1.82, 2.24) is 9.88 Å². The van der Waals surface area contributed by atoms with Crippen molar-refractivity contribution in [3.8, 4) is 39.1 Å². The lowest BCUT2D eigenvalue weighted by Crippen LogP contribution is -2.36. The molecule has 292 valence electrons. The first kappa shape index (κ1) is 35.6. The number of furan rings is 1. The Kier molecular flexibility index (Phi) is 8.49. The maximum Gasteiger partial charge on any atom is 0.170 e. The molecule has 5 nitrogen and oxygen atoms in total. The van der Waals surface area contributed by atoms with Crippen molar-refractivity contribution in [2.24, 2.45) is 9.98 Å². The topological polar surface area (TPSA) is 54.8 Å².